The van der Waals surface area contributed by atoms with Crippen molar-refractivity contribution in [2.75, 3.05) is 5.32 Å². The summed E-state index contributed by atoms with van der Waals surface area (Å²) in [7, 11) is 0. The van der Waals surface area contributed by atoms with Crippen LogP contribution in [0, 0.1) is 17.1 Å². The van der Waals surface area contributed by atoms with Gasteiger partial charge in [0.15, 0.2) is 0 Å². The Kier molecular flexibility index (Phi) is 4.09. The van der Waals surface area contributed by atoms with Gasteiger partial charge < -0.3 is 10.1 Å². The van der Waals surface area contributed by atoms with Gasteiger partial charge in [-0.2, -0.15) is 5.26 Å². The number of hydrogen-bond donors (Lipinski definition) is 1. The molecule has 0 aliphatic carbocycles. The molecule has 0 unspecified atom stereocenters. The minimum atomic E-state index is -4.92. The highest BCUT2D eigenvalue weighted by Crippen LogP contribution is 2.26. The van der Waals surface area contributed by atoms with E-state index in [9.17, 15) is 22.4 Å². The van der Waals surface area contributed by atoms with Crippen LogP contribution in [-0.4, -0.2) is 12.3 Å². The molecular formula is C10H6F4N2O2. The molecule has 0 fully saturated rings. The summed E-state index contributed by atoms with van der Waals surface area (Å²) in [6, 6.07) is 3.78. The lowest BCUT2D eigenvalue weighted by Crippen LogP contribution is -2.17. The fourth-order valence-electron chi connectivity index (χ4n) is 1.06. The van der Waals surface area contributed by atoms with Gasteiger partial charge in [0.25, 0.3) is 0 Å². The first-order chi connectivity index (χ1) is 8.31. The van der Waals surface area contributed by atoms with Gasteiger partial charge in [-0.1, -0.05) is 0 Å². The number of benzene rings is 1. The van der Waals surface area contributed by atoms with Gasteiger partial charge in [-0.05, 0) is 12.1 Å². The zero-order valence-corrected chi connectivity index (χ0v) is 8.71. The molecule has 0 saturated carbocycles. The van der Waals surface area contributed by atoms with E-state index in [1.54, 1.807) is 6.07 Å². The van der Waals surface area contributed by atoms with Crippen molar-refractivity contribution in [1.82, 2.24) is 0 Å². The Hall–Kier alpha value is -2.30. The van der Waals surface area contributed by atoms with Gasteiger partial charge in [0.05, 0.1) is 11.8 Å². The number of ether oxygens (including phenoxy) is 1. The second-order valence-corrected chi connectivity index (χ2v) is 3.07. The van der Waals surface area contributed by atoms with E-state index in [2.05, 4.69) is 4.74 Å². The van der Waals surface area contributed by atoms with E-state index in [1.807, 2.05) is 5.32 Å². The molecule has 18 heavy (non-hydrogen) atoms. The molecule has 0 aliphatic rings. The molecule has 1 aromatic carbocycles. The molecule has 8 heteroatoms. The van der Waals surface area contributed by atoms with Gasteiger partial charge in [0.1, 0.15) is 18.0 Å². The first-order valence-electron chi connectivity index (χ1n) is 4.54. The molecule has 1 aromatic rings. The molecule has 0 spiro atoms. The van der Waals surface area contributed by atoms with Crippen molar-refractivity contribution in [3.8, 4) is 11.8 Å². The third kappa shape index (κ3) is 4.29. The number of nitrogens with one attached hydrogen (secondary N) is 1. The number of carbonyl (C=O) groups is 1. The summed E-state index contributed by atoms with van der Waals surface area (Å²) in [5, 5.41) is 10.2. The third-order valence-electron chi connectivity index (χ3n) is 1.69. The highest BCUT2D eigenvalue weighted by molar-refractivity contribution is 5.92. The first kappa shape index (κ1) is 13.8. The van der Waals surface area contributed by atoms with E-state index in [-0.39, 0.29) is 5.69 Å². The predicted octanol–water partition coefficient (Wildman–Crippen LogP) is 2.58. The number of nitrogens with zero attached hydrogens (tertiary/aromatic N) is 1. The average Bonchev–Trinajstić information content (AvgIpc) is 2.20. The molecule has 0 atom stereocenters. The van der Waals surface area contributed by atoms with Gasteiger partial charge in [-0.15, -0.1) is 13.2 Å². The smallest absolute Gasteiger partial charge is 0.406 e. The summed E-state index contributed by atoms with van der Waals surface area (Å²) in [6.45, 7) is 0. The predicted molar refractivity (Wildman–Crippen MR) is 51.9 cm³/mol. The number of nitriles is 1. The normalized spacial score (nSPS) is 10.6. The van der Waals surface area contributed by atoms with Gasteiger partial charge in [0, 0.05) is 6.07 Å². The van der Waals surface area contributed by atoms with Crippen LogP contribution in [-0.2, 0) is 4.79 Å². The summed E-state index contributed by atoms with van der Waals surface area (Å²) in [4.78, 5) is 11.0. The number of halogens is 4. The van der Waals surface area contributed by atoms with E-state index in [4.69, 9.17) is 5.26 Å². The summed E-state index contributed by atoms with van der Waals surface area (Å²) in [6.07, 6.45) is -5.40. The number of hydrogen-bond acceptors (Lipinski definition) is 3. The fraction of sp³-hybridized carbons (Fsp3) is 0.200. The molecule has 1 N–H and O–H groups in total. The minimum Gasteiger partial charge on any atom is -0.406 e. The molecule has 1 rings (SSSR count). The highest BCUT2D eigenvalue weighted by atomic mass is 19.4. The number of rotatable bonds is 3. The van der Waals surface area contributed by atoms with Crippen LogP contribution in [0.4, 0.5) is 23.2 Å². The Bertz CT molecular complexity index is 494. The maximum atomic E-state index is 13.3. The molecule has 96 valence electrons. The van der Waals surface area contributed by atoms with Crippen LogP contribution in [0.3, 0.4) is 0 Å². The van der Waals surface area contributed by atoms with Crippen molar-refractivity contribution in [2.24, 2.45) is 0 Å². The van der Waals surface area contributed by atoms with Gasteiger partial charge >= 0.3 is 6.36 Å². The summed E-state index contributed by atoms with van der Waals surface area (Å²) >= 11 is 0. The second kappa shape index (κ2) is 5.35. The topological polar surface area (TPSA) is 62.1 Å². The third-order valence-corrected chi connectivity index (χ3v) is 1.69. The van der Waals surface area contributed by atoms with Crippen molar-refractivity contribution < 1.29 is 27.1 Å². The van der Waals surface area contributed by atoms with Crippen molar-refractivity contribution in [2.45, 2.75) is 12.8 Å². The van der Waals surface area contributed by atoms with Crippen LogP contribution in [0.15, 0.2) is 18.2 Å². The number of carbonyl (C=O) groups excluding carboxylic acids is 1. The Balaban J connectivity index is 2.80. The lowest BCUT2D eigenvalue weighted by atomic mass is 10.2. The maximum absolute atomic E-state index is 13.3. The van der Waals surface area contributed by atoms with E-state index in [1.165, 1.54) is 0 Å². The van der Waals surface area contributed by atoms with E-state index < -0.39 is 30.3 Å². The molecular weight excluding hydrogens is 256 g/mol. The number of amides is 1. The van der Waals surface area contributed by atoms with Crippen molar-refractivity contribution in [1.29, 1.82) is 5.26 Å². The van der Waals surface area contributed by atoms with Crippen molar-refractivity contribution >= 4 is 11.6 Å². The lowest BCUT2D eigenvalue weighted by Gasteiger charge is -2.10. The Labute approximate surface area is 98.8 Å². The second-order valence-electron chi connectivity index (χ2n) is 3.07. The minimum absolute atomic E-state index is 0.329. The van der Waals surface area contributed by atoms with Crippen LogP contribution in [0.25, 0.3) is 0 Å². The van der Waals surface area contributed by atoms with Crippen LogP contribution < -0.4 is 10.1 Å². The highest BCUT2D eigenvalue weighted by Gasteiger charge is 2.31. The summed E-state index contributed by atoms with van der Waals surface area (Å²) in [5.41, 5.74) is -0.329. The van der Waals surface area contributed by atoms with Crippen molar-refractivity contribution in [3.05, 3.63) is 24.0 Å². The SMILES string of the molecule is N#CCC(=O)Nc1ccc(OC(F)(F)F)cc1F. The maximum Gasteiger partial charge on any atom is 0.573 e. The molecule has 0 saturated heterocycles. The van der Waals surface area contributed by atoms with Gasteiger partial charge in [0.2, 0.25) is 5.91 Å². The molecule has 4 nitrogen and oxygen atoms in total. The van der Waals surface area contributed by atoms with Crippen LogP contribution in [0.2, 0.25) is 0 Å². The monoisotopic (exact) mass is 262 g/mol. The first-order valence-corrected chi connectivity index (χ1v) is 4.54. The average molecular weight is 262 g/mol. The van der Waals surface area contributed by atoms with Crippen LogP contribution >= 0.6 is 0 Å². The van der Waals surface area contributed by atoms with Gasteiger partial charge in [-0.3, -0.25) is 4.79 Å². The van der Waals surface area contributed by atoms with Gasteiger partial charge in [-0.25, -0.2) is 4.39 Å². The summed E-state index contributed by atoms with van der Waals surface area (Å²) in [5.74, 6) is -2.60. The standard InChI is InChI=1S/C10H6F4N2O2/c11-7-5-6(18-10(12,13)14)1-2-8(7)16-9(17)3-4-15/h1-2,5H,3H2,(H,16,17). The fourth-order valence-corrected chi connectivity index (χ4v) is 1.06. The zero-order chi connectivity index (χ0) is 13.8. The molecule has 0 aliphatic heterocycles. The summed E-state index contributed by atoms with van der Waals surface area (Å²) < 4.78 is 52.3. The quantitative estimate of drug-likeness (QED) is 0.851. The molecule has 1 amide bonds. The Morgan fingerprint density at radius 3 is 2.61 bits per heavy atom. The van der Waals surface area contributed by atoms with E-state index in [0.29, 0.717) is 6.07 Å². The molecule has 0 bridgehead atoms. The van der Waals surface area contributed by atoms with E-state index in [0.717, 1.165) is 12.1 Å². The zero-order valence-electron chi connectivity index (χ0n) is 8.71. The molecule has 0 aromatic heterocycles. The van der Waals surface area contributed by atoms with Crippen LogP contribution in [0.5, 0.6) is 5.75 Å². The molecule has 0 radical (unpaired) electrons. The van der Waals surface area contributed by atoms with Crippen molar-refractivity contribution in [3.63, 3.8) is 0 Å². The lowest BCUT2D eigenvalue weighted by molar-refractivity contribution is -0.274. The largest absolute Gasteiger partial charge is 0.573 e. The van der Waals surface area contributed by atoms with Crippen LogP contribution in [0.1, 0.15) is 6.42 Å². The molecule has 0 heterocycles. The van der Waals surface area contributed by atoms with E-state index >= 15 is 0 Å². The Morgan fingerprint density at radius 2 is 2.11 bits per heavy atom. The Morgan fingerprint density at radius 1 is 1.44 bits per heavy atom. The number of anilines is 1. The number of alkyl halides is 3.